The summed E-state index contributed by atoms with van der Waals surface area (Å²) in [5.41, 5.74) is 6.38. The summed E-state index contributed by atoms with van der Waals surface area (Å²) in [6.45, 7) is 1.73. The topological polar surface area (TPSA) is 78.1 Å². The summed E-state index contributed by atoms with van der Waals surface area (Å²) < 4.78 is 16.0. The molecule has 1 aliphatic heterocycles. The molecule has 1 aromatic rings. The molecule has 0 spiro atoms. The minimum atomic E-state index is -0.347. The molecule has 1 saturated heterocycles. The highest BCUT2D eigenvalue weighted by Crippen LogP contribution is 2.23. The average Bonchev–Trinajstić information content (AvgIpc) is 2.95. The molecule has 7 heteroatoms. The van der Waals surface area contributed by atoms with Crippen molar-refractivity contribution in [3.8, 4) is 5.75 Å². The maximum Gasteiger partial charge on any atom is 0.193 e. The molecule has 1 aliphatic rings. The SMILES string of the molecule is COc1cccc(NC(N)=NCC2(OC)CCOC2)c1.I. The van der Waals surface area contributed by atoms with Gasteiger partial charge in [-0.05, 0) is 12.1 Å². The zero-order chi connectivity index (χ0) is 14.4. The molecule has 0 saturated carbocycles. The van der Waals surface area contributed by atoms with Gasteiger partial charge in [-0.1, -0.05) is 6.07 Å². The van der Waals surface area contributed by atoms with Crippen LogP contribution in [0.15, 0.2) is 29.3 Å². The van der Waals surface area contributed by atoms with Gasteiger partial charge in [-0.2, -0.15) is 0 Å². The van der Waals surface area contributed by atoms with E-state index in [0.29, 0.717) is 25.7 Å². The van der Waals surface area contributed by atoms with E-state index in [-0.39, 0.29) is 29.6 Å². The second-order valence-electron chi connectivity index (χ2n) is 4.75. The van der Waals surface area contributed by atoms with Gasteiger partial charge in [-0.15, -0.1) is 24.0 Å². The molecular formula is C14H22IN3O3. The number of ether oxygens (including phenoxy) is 3. The Labute approximate surface area is 142 Å². The lowest BCUT2D eigenvalue weighted by Crippen LogP contribution is -2.37. The van der Waals surface area contributed by atoms with Crippen molar-refractivity contribution in [1.29, 1.82) is 0 Å². The summed E-state index contributed by atoms with van der Waals surface area (Å²) in [7, 11) is 3.30. The Morgan fingerprint density at radius 1 is 1.48 bits per heavy atom. The van der Waals surface area contributed by atoms with Crippen LogP contribution in [0.2, 0.25) is 0 Å². The molecule has 6 nitrogen and oxygen atoms in total. The number of aliphatic imine (C=N–C) groups is 1. The first kappa shape index (κ1) is 18.0. The molecule has 1 fully saturated rings. The molecule has 3 N–H and O–H groups in total. The van der Waals surface area contributed by atoms with Crippen LogP contribution in [-0.2, 0) is 9.47 Å². The Morgan fingerprint density at radius 2 is 2.29 bits per heavy atom. The van der Waals surface area contributed by atoms with E-state index in [4.69, 9.17) is 19.9 Å². The third-order valence-corrected chi connectivity index (χ3v) is 3.38. The van der Waals surface area contributed by atoms with Gasteiger partial charge in [0.15, 0.2) is 5.96 Å². The van der Waals surface area contributed by atoms with Crippen LogP contribution in [0.5, 0.6) is 5.75 Å². The standard InChI is InChI=1S/C14H21N3O3.HI/c1-18-12-5-3-4-11(8-12)17-13(15)16-9-14(19-2)6-7-20-10-14;/h3-5,8H,6-7,9-10H2,1-2H3,(H3,15,16,17);1H. The third-order valence-electron chi connectivity index (χ3n) is 3.38. The summed E-state index contributed by atoms with van der Waals surface area (Å²) >= 11 is 0. The van der Waals surface area contributed by atoms with Crippen LogP contribution in [0.1, 0.15) is 6.42 Å². The van der Waals surface area contributed by atoms with E-state index in [1.54, 1.807) is 14.2 Å². The predicted molar refractivity (Wildman–Crippen MR) is 93.7 cm³/mol. The number of methoxy groups -OCH3 is 2. The second-order valence-corrected chi connectivity index (χ2v) is 4.75. The van der Waals surface area contributed by atoms with E-state index in [1.807, 2.05) is 24.3 Å². The fourth-order valence-corrected chi connectivity index (χ4v) is 2.06. The minimum absolute atomic E-state index is 0. The first-order valence-electron chi connectivity index (χ1n) is 6.51. The summed E-state index contributed by atoms with van der Waals surface area (Å²) in [6.07, 6.45) is 0.833. The molecule has 2 rings (SSSR count). The lowest BCUT2D eigenvalue weighted by molar-refractivity contribution is -0.00900. The molecule has 0 amide bonds. The van der Waals surface area contributed by atoms with Crippen molar-refractivity contribution in [2.24, 2.45) is 10.7 Å². The predicted octanol–water partition coefficient (Wildman–Crippen LogP) is 1.85. The van der Waals surface area contributed by atoms with E-state index in [1.165, 1.54) is 0 Å². The van der Waals surface area contributed by atoms with E-state index < -0.39 is 0 Å². The van der Waals surface area contributed by atoms with Crippen molar-refractivity contribution in [3.63, 3.8) is 0 Å². The second kappa shape index (κ2) is 8.40. The molecule has 0 aliphatic carbocycles. The Bertz CT molecular complexity index is 476. The number of nitrogens with two attached hydrogens (primary N) is 1. The van der Waals surface area contributed by atoms with E-state index in [2.05, 4.69) is 10.3 Å². The molecule has 118 valence electrons. The van der Waals surface area contributed by atoms with Crippen molar-refractivity contribution in [2.45, 2.75) is 12.0 Å². The van der Waals surface area contributed by atoms with Crippen LogP contribution in [-0.4, -0.2) is 45.5 Å². The molecule has 21 heavy (non-hydrogen) atoms. The normalized spacial score (nSPS) is 21.7. The van der Waals surface area contributed by atoms with Crippen LogP contribution in [0.3, 0.4) is 0 Å². The van der Waals surface area contributed by atoms with E-state index >= 15 is 0 Å². The van der Waals surface area contributed by atoms with Gasteiger partial charge in [0.25, 0.3) is 0 Å². The van der Waals surface area contributed by atoms with Crippen LogP contribution < -0.4 is 15.8 Å². The van der Waals surface area contributed by atoms with Gasteiger partial charge >= 0.3 is 0 Å². The van der Waals surface area contributed by atoms with E-state index in [0.717, 1.165) is 17.9 Å². The molecule has 0 aromatic heterocycles. The number of nitrogens with zero attached hydrogens (tertiary/aromatic N) is 1. The molecule has 0 radical (unpaired) electrons. The molecule has 0 bridgehead atoms. The van der Waals surface area contributed by atoms with Gasteiger partial charge in [0, 0.05) is 31.9 Å². The van der Waals surface area contributed by atoms with Crippen molar-refractivity contribution in [3.05, 3.63) is 24.3 Å². The van der Waals surface area contributed by atoms with Crippen molar-refractivity contribution < 1.29 is 14.2 Å². The molecule has 1 unspecified atom stereocenters. The Morgan fingerprint density at radius 3 is 2.90 bits per heavy atom. The van der Waals surface area contributed by atoms with Crippen LogP contribution >= 0.6 is 24.0 Å². The third kappa shape index (κ3) is 5.01. The highest BCUT2D eigenvalue weighted by Gasteiger charge is 2.34. The number of benzene rings is 1. The maximum absolute atomic E-state index is 5.89. The zero-order valence-corrected chi connectivity index (χ0v) is 14.6. The fourth-order valence-electron chi connectivity index (χ4n) is 2.06. The molecular weight excluding hydrogens is 385 g/mol. The Kier molecular flexibility index (Phi) is 7.20. The highest BCUT2D eigenvalue weighted by atomic mass is 127. The quantitative estimate of drug-likeness (QED) is 0.443. The van der Waals surface area contributed by atoms with Gasteiger partial charge in [-0.25, -0.2) is 0 Å². The Hall–Kier alpha value is -1.06. The van der Waals surface area contributed by atoms with Crippen molar-refractivity contribution in [1.82, 2.24) is 0 Å². The number of hydrogen-bond donors (Lipinski definition) is 2. The first-order valence-corrected chi connectivity index (χ1v) is 6.51. The highest BCUT2D eigenvalue weighted by molar-refractivity contribution is 14.0. The van der Waals surface area contributed by atoms with Gasteiger partial charge in [0.2, 0.25) is 0 Å². The van der Waals surface area contributed by atoms with Crippen molar-refractivity contribution in [2.75, 3.05) is 39.3 Å². The van der Waals surface area contributed by atoms with Crippen molar-refractivity contribution >= 4 is 35.6 Å². The molecule has 1 aromatic carbocycles. The van der Waals surface area contributed by atoms with Gasteiger partial charge in [-0.3, -0.25) is 4.99 Å². The average molecular weight is 407 g/mol. The molecule has 1 heterocycles. The minimum Gasteiger partial charge on any atom is -0.497 e. The number of hydrogen-bond acceptors (Lipinski definition) is 4. The Balaban J connectivity index is 0.00000220. The number of nitrogens with one attached hydrogen (secondary N) is 1. The van der Waals surface area contributed by atoms with Crippen LogP contribution in [0, 0.1) is 0 Å². The van der Waals surface area contributed by atoms with Crippen LogP contribution in [0.4, 0.5) is 5.69 Å². The lowest BCUT2D eigenvalue weighted by Gasteiger charge is -2.23. The van der Waals surface area contributed by atoms with Gasteiger partial charge in [0.05, 0.1) is 20.3 Å². The number of guanidine groups is 1. The summed E-state index contributed by atoms with van der Waals surface area (Å²) in [4.78, 5) is 4.34. The number of halogens is 1. The fraction of sp³-hybridized carbons (Fsp3) is 0.500. The van der Waals surface area contributed by atoms with Gasteiger partial charge in [0.1, 0.15) is 11.4 Å². The number of anilines is 1. The largest absolute Gasteiger partial charge is 0.497 e. The monoisotopic (exact) mass is 407 g/mol. The number of rotatable bonds is 5. The summed E-state index contributed by atoms with van der Waals surface area (Å²) in [6, 6.07) is 7.51. The zero-order valence-electron chi connectivity index (χ0n) is 12.3. The molecule has 1 atom stereocenters. The summed E-state index contributed by atoms with van der Waals surface area (Å²) in [5.74, 6) is 1.11. The van der Waals surface area contributed by atoms with Gasteiger partial charge < -0.3 is 25.3 Å². The maximum atomic E-state index is 5.89. The first-order chi connectivity index (χ1) is 9.67. The smallest absolute Gasteiger partial charge is 0.193 e. The lowest BCUT2D eigenvalue weighted by atomic mass is 10.0. The van der Waals surface area contributed by atoms with Crippen LogP contribution in [0.25, 0.3) is 0 Å². The van der Waals surface area contributed by atoms with E-state index in [9.17, 15) is 0 Å². The summed E-state index contributed by atoms with van der Waals surface area (Å²) in [5, 5.41) is 3.03.